The Morgan fingerprint density at radius 1 is 1.36 bits per heavy atom. The summed E-state index contributed by atoms with van der Waals surface area (Å²) in [5.41, 5.74) is 1.98. The van der Waals surface area contributed by atoms with Crippen LogP contribution in [-0.2, 0) is 6.42 Å². The van der Waals surface area contributed by atoms with Gasteiger partial charge in [-0.15, -0.1) is 0 Å². The van der Waals surface area contributed by atoms with E-state index in [9.17, 15) is 9.50 Å². The lowest BCUT2D eigenvalue weighted by Gasteiger charge is -2.14. The van der Waals surface area contributed by atoms with Gasteiger partial charge in [-0.3, -0.25) is 4.99 Å². The Morgan fingerprint density at radius 3 is 3.00 bits per heavy atom. The summed E-state index contributed by atoms with van der Waals surface area (Å²) in [7, 11) is 0. The Kier molecular flexibility index (Phi) is 5.91. The molecule has 4 N–H and O–H groups in total. The molecule has 1 fully saturated rings. The molecule has 1 aromatic heterocycles. The minimum absolute atomic E-state index is 0.210. The number of rotatable bonds is 6. The number of aliphatic hydroxyl groups excluding tert-OH is 1. The molecule has 5 nitrogen and oxygen atoms in total. The monoisotopic (exact) mass is 346 g/mol. The maximum atomic E-state index is 13.3. The highest BCUT2D eigenvalue weighted by atomic mass is 19.1. The standard InChI is InChI=1S/C19H27FN4O/c1-2-21-19(24-12-14-4-3-5-18(14)25)22-9-8-13-11-23-17-10-15(20)6-7-16(13)17/h6-7,10-11,14,18,23,25H,2-5,8-9,12H2,1H3,(H2,21,22,24). The Morgan fingerprint density at radius 2 is 2.24 bits per heavy atom. The molecule has 1 saturated carbocycles. The van der Waals surface area contributed by atoms with Gasteiger partial charge < -0.3 is 20.7 Å². The predicted octanol–water partition coefficient (Wildman–Crippen LogP) is 2.57. The predicted molar refractivity (Wildman–Crippen MR) is 99.3 cm³/mol. The van der Waals surface area contributed by atoms with Crippen molar-refractivity contribution in [3.8, 4) is 0 Å². The van der Waals surface area contributed by atoms with Gasteiger partial charge in [0.1, 0.15) is 5.82 Å². The molecule has 136 valence electrons. The molecule has 0 amide bonds. The van der Waals surface area contributed by atoms with Gasteiger partial charge in [0, 0.05) is 42.7 Å². The third kappa shape index (κ3) is 4.51. The Balaban J connectivity index is 1.55. The van der Waals surface area contributed by atoms with Gasteiger partial charge >= 0.3 is 0 Å². The number of aliphatic hydroxyl groups is 1. The van der Waals surface area contributed by atoms with Crippen molar-refractivity contribution in [1.29, 1.82) is 0 Å². The highest BCUT2D eigenvalue weighted by Gasteiger charge is 2.24. The summed E-state index contributed by atoms with van der Waals surface area (Å²) in [4.78, 5) is 7.73. The first-order valence-electron chi connectivity index (χ1n) is 9.13. The Hall–Kier alpha value is -2.08. The zero-order valence-electron chi connectivity index (χ0n) is 14.7. The van der Waals surface area contributed by atoms with E-state index in [1.54, 1.807) is 0 Å². The Labute approximate surface area is 147 Å². The molecule has 1 heterocycles. The van der Waals surface area contributed by atoms with Crippen molar-refractivity contribution in [3.05, 3.63) is 35.8 Å². The number of halogens is 1. The first kappa shape index (κ1) is 17.7. The van der Waals surface area contributed by atoms with E-state index in [0.717, 1.165) is 61.2 Å². The largest absolute Gasteiger partial charge is 0.393 e. The second-order valence-corrected chi connectivity index (χ2v) is 6.66. The number of nitrogens with zero attached hydrogens (tertiary/aromatic N) is 1. The lowest BCUT2D eigenvalue weighted by molar-refractivity contribution is 0.136. The van der Waals surface area contributed by atoms with Gasteiger partial charge in [0.25, 0.3) is 0 Å². The smallest absolute Gasteiger partial charge is 0.191 e. The van der Waals surface area contributed by atoms with Gasteiger partial charge in [-0.05, 0) is 49.9 Å². The molecule has 2 atom stereocenters. The first-order valence-corrected chi connectivity index (χ1v) is 9.13. The molecule has 0 saturated heterocycles. The fraction of sp³-hybridized carbons (Fsp3) is 0.526. The van der Waals surface area contributed by atoms with Gasteiger partial charge in [0.05, 0.1) is 6.10 Å². The lowest BCUT2D eigenvalue weighted by atomic mass is 10.1. The number of guanidine groups is 1. The summed E-state index contributed by atoms with van der Waals surface area (Å²) in [6.45, 7) is 4.23. The van der Waals surface area contributed by atoms with Crippen LogP contribution in [0, 0.1) is 11.7 Å². The van der Waals surface area contributed by atoms with Crippen LogP contribution in [0.25, 0.3) is 10.9 Å². The van der Waals surface area contributed by atoms with Crippen molar-refractivity contribution in [2.24, 2.45) is 10.9 Å². The van der Waals surface area contributed by atoms with Crippen LogP contribution in [-0.4, -0.2) is 41.8 Å². The summed E-state index contributed by atoms with van der Waals surface area (Å²) in [6, 6.07) is 4.83. The summed E-state index contributed by atoms with van der Waals surface area (Å²) in [6.07, 6.45) is 5.58. The van der Waals surface area contributed by atoms with Gasteiger partial charge in [-0.1, -0.05) is 6.42 Å². The van der Waals surface area contributed by atoms with E-state index in [-0.39, 0.29) is 17.8 Å². The van der Waals surface area contributed by atoms with Crippen LogP contribution in [0.5, 0.6) is 0 Å². The van der Waals surface area contributed by atoms with E-state index in [0.29, 0.717) is 6.54 Å². The molecular weight excluding hydrogens is 319 g/mol. The molecule has 2 aromatic rings. The van der Waals surface area contributed by atoms with Crippen molar-refractivity contribution in [2.45, 2.75) is 38.7 Å². The molecule has 0 bridgehead atoms. The number of hydrogen-bond donors (Lipinski definition) is 4. The molecule has 1 aromatic carbocycles. The van der Waals surface area contributed by atoms with Crippen molar-refractivity contribution in [2.75, 3.05) is 19.6 Å². The molecule has 0 radical (unpaired) electrons. The zero-order chi connectivity index (χ0) is 17.6. The number of aromatic nitrogens is 1. The molecule has 0 aliphatic heterocycles. The van der Waals surface area contributed by atoms with Gasteiger partial charge in [-0.2, -0.15) is 0 Å². The van der Waals surface area contributed by atoms with Crippen LogP contribution in [0.1, 0.15) is 31.7 Å². The van der Waals surface area contributed by atoms with Gasteiger partial charge in [0.15, 0.2) is 5.96 Å². The summed E-state index contributed by atoms with van der Waals surface area (Å²) >= 11 is 0. The van der Waals surface area contributed by atoms with Crippen molar-refractivity contribution in [1.82, 2.24) is 15.6 Å². The number of H-pyrrole nitrogens is 1. The summed E-state index contributed by atoms with van der Waals surface area (Å²) < 4.78 is 13.3. The van der Waals surface area contributed by atoms with Crippen molar-refractivity contribution >= 4 is 16.9 Å². The topological polar surface area (TPSA) is 72.4 Å². The van der Waals surface area contributed by atoms with E-state index in [1.807, 2.05) is 19.2 Å². The van der Waals surface area contributed by atoms with Crippen molar-refractivity contribution in [3.63, 3.8) is 0 Å². The van der Waals surface area contributed by atoms with Crippen LogP contribution in [0.15, 0.2) is 29.4 Å². The molecule has 1 aliphatic carbocycles. The zero-order valence-corrected chi connectivity index (χ0v) is 14.7. The van der Waals surface area contributed by atoms with E-state index < -0.39 is 0 Å². The second-order valence-electron chi connectivity index (χ2n) is 6.66. The fourth-order valence-electron chi connectivity index (χ4n) is 3.46. The third-order valence-electron chi connectivity index (χ3n) is 4.86. The number of aromatic amines is 1. The number of aliphatic imine (C=N–C) groups is 1. The lowest BCUT2D eigenvalue weighted by Crippen LogP contribution is -2.38. The van der Waals surface area contributed by atoms with E-state index in [4.69, 9.17) is 0 Å². The molecule has 3 rings (SSSR count). The van der Waals surface area contributed by atoms with E-state index >= 15 is 0 Å². The average molecular weight is 346 g/mol. The number of hydrogen-bond acceptors (Lipinski definition) is 2. The minimum Gasteiger partial charge on any atom is -0.393 e. The maximum absolute atomic E-state index is 13.3. The summed E-state index contributed by atoms with van der Waals surface area (Å²) in [5, 5.41) is 17.6. The molecular formula is C19H27FN4O. The SMILES string of the molecule is CCNC(=NCC1CCCC1O)NCCc1c[nH]c2cc(F)ccc12. The van der Waals surface area contributed by atoms with Crippen LogP contribution in [0.3, 0.4) is 0 Å². The Bertz CT molecular complexity index is 727. The van der Waals surface area contributed by atoms with E-state index in [1.165, 1.54) is 12.1 Å². The molecule has 25 heavy (non-hydrogen) atoms. The van der Waals surface area contributed by atoms with Gasteiger partial charge in [0.2, 0.25) is 0 Å². The minimum atomic E-state index is -0.227. The number of benzene rings is 1. The van der Waals surface area contributed by atoms with Gasteiger partial charge in [-0.25, -0.2) is 4.39 Å². The van der Waals surface area contributed by atoms with Crippen LogP contribution in [0.2, 0.25) is 0 Å². The molecule has 2 unspecified atom stereocenters. The normalized spacial score (nSPS) is 21.0. The molecule has 6 heteroatoms. The van der Waals surface area contributed by atoms with Crippen LogP contribution < -0.4 is 10.6 Å². The first-order chi connectivity index (χ1) is 12.2. The summed E-state index contributed by atoms with van der Waals surface area (Å²) in [5.74, 6) is 0.834. The second kappa shape index (κ2) is 8.34. The maximum Gasteiger partial charge on any atom is 0.191 e. The van der Waals surface area contributed by atoms with Crippen LogP contribution in [0.4, 0.5) is 4.39 Å². The molecule has 0 spiro atoms. The highest BCUT2D eigenvalue weighted by Crippen LogP contribution is 2.25. The fourth-order valence-corrected chi connectivity index (χ4v) is 3.46. The number of nitrogens with one attached hydrogen (secondary N) is 3. The highest BCUT2D eigenvalue weighted by molar-refractivity contribution is 5.83. The van der Waals surface area contributed by atoms with Crippen molar-refractivity contribution < 1.29 is 9.50 Å². The number of fused-ring (bicyclic) bond motifs is 1. The van der Waals surface area contributed by atoms with E-state index in [2.05, 4.69) is 20.6 Å². The van der Waals surface area contributed by atoms with Crippen LogP contribution >= 0.6 is 0 Å². The third-order valence-corrected chi connectivity index (χ3v) is 4.86. The quantitative estimate of drug-likeness (QED) is 0.480. The average Bonchev–Trinajstić information content (AvgIpc) is 3.18. The molecule has 1 aliphatic rings.